The van der Waals surface area contributed by atoms with Gasteiger partial charge >= 0.3 is 12.4 Å². The van der Waals surface area contributed by atoms with E-state index >= 15 is 0 Å². The molecule has 5 rings (SSSR count). The monoisotopic (exact) mass is 587 g/mol. The number of nitrogens with two attached hydrogens (primary N) is 1. The van der Waals surface area contributed by atoms with Gasteiger partial charge < -0.3 is 11.1 Å². The molecule has 6 nitrogen and oxygen atoms in total. The Bertz CT molecular complexity index is 1590. The van der Waals surface area contributed by atoms with Gasteiger partial charge in [-0.25, -0.2) is 4.68 Å². The minimum absolute atomic E-state index is 0.137. The van der Waals surface area contributed by atoms with Crippen LogP contribution in [0.3, 0.4) is 0 Å². The molecule has 1 aromatic heterocycles. The maximum Gasteiger partial charge on any atom is 0.435 e. The first kappa shape index (κ1) is 29.3. The molecule has 0 radical (unpaired) electrons. The van der Waals surface area contributed by atoms with Gasteiger partial charge in [0.15, 0.2) is 5.69 Å². The van der Waals surface area contributed by atoms with Crippen molar-refractivity contribution in [2.75, 3.05) is 12.4 Å². The van der Waals surface area contributed by atoms with E-state index in [4.69, 9.17) is 5.73 Å². The number of anilines is 1. The number of hydrogen-bond donors (Lipinski definition) is 2. The van der Waals surface area contributed by atoms with E-state index in [9.17, 15) is 31.1 Å². The lowest BCUT2D eigenvalue weighted by Gasteiger charge is -2.30. The summed E-state index contributed by atoms with van der Waals surface area (Å²) in [6.45, 7) is 0.137. The average molecular weight is 588 g/mol. The van der Waals surface area contributed by atoms with Crippen molar-refractivity contribution in [1.29, 1.82) is 0 Å². The van der Waals surface area contributed by atoms with E-state index in [-0.39, 0.29) is 29.7 Å². The lowest BCUT2D eigenvalue weighted by molar-refractivity contribution is -0.141. The SMILES string of the molecule is CN(C1CC1)C(c1cccc(NC(=O)c2cc(C(F)(F)F)nn2-c2cccc(CN)c2)c1)c1cccc(C(F)(F)F)c1. The number of aromatic nitrogens is 2. The highest BCUT2D eigenvalue weighted by Gasteiger charge is 2.37. The van der Waals surface area contributed by atoms with Crippen LogP contribution in [-0.2, 0) is 18.9 Å². The molecule has 42 heavy (non-hydrogen) atoms. The molecule has 1 aliphatic carbocycles. The largest absolute Gasteiger partial charge is 0.435 e. The van der Waals surface area contributed by atoms with Gasteiger partial charge in [-0.15, -0.1) is 0 Å². The molecular weight excluding hydrogens is 560 g/mol. The van der Waals surface area contributed by atoms with Gasteiger partial charge in [0.2, 0.25) is 0 Å². The summed E-state index contributed by atoms with van der Waals surface area (Å²) in [5.74, 6) is -0.848. The van der Waals surface area contributed by atoms with Crippen molar-refractivity contribution >= 4 is 11.6 Å². The Morgan fingerprint density at radius 1 is 0.952 bits per heavy atom. The highest BCUT2D eigenvalue weighted by atomic mass is 19.4. The van der Waals surface area contributed by atoms with Gasteiger partial charge in [-0.2, -0.15) is 31.4 Å². The third-order valence-electron chi connectivity index (χ3n) is 7.14. The predicted molar refractivity (Wildman–Crippen MR) is 145 cm³/mol. The van der Waals surface area contributed by atoms with Gasteiger partial charge in [0, 0.05) is 24.3 Å². The van der Waals surface area contributed by atoms with Gasteiger partial charge in [-0.3, -0.25) is 9.69 Å². The van der Waals surface area contributed by atoms with E-state index in [1.807, 2.05) is 11.9 Å². The van der Waals surface area contributed by atoms with Crippen LogP contribution in [-0.4, -0.2) is 33.7 Å². The van der Waals surface area contributed by atoms with Crippen LogP contribution in [0, 0.1) is 0 Å². The summed E-state index contributed by atoms with van der Waals surface area (Å²) in [5, 5.41) is 6.28. The quantitative estimate of drug-likeness (QED) is 0.222. The van der Waals surface area contributed by atoms with Crippen molar-refractivity contribution in [2.24, 2.45) is 5.73 Å². The van der Waals surface area contributed by atoms with E-state index in [0.29, 0.717) is 22.8 Å². The summed E-state index contributed by atoms with van der Waals surface area (Å²) in [6, 6.07) is 18.3. The molecule has 3 N–H and O–H groups in total. The van der Waals surface area contributed by atoms with Crippen LogP contribution in [0.2, 0.25) is 0 Å². The van der Waals surface area contributed by atoms with Gasteiger partial charge in [-0.05, 0) is 73.0 Å². The van der Waals surface area contributed by atoms with Gasteiger partial charge in [0.1, 0.15) is 5.69 Å². The lowest BCUT2D eigenvalue weighted by Crippen LogP contribution is -2.28. The lowest BCUT2D eigenvalue weighted by atomic mass is 9.95. The minimum atomic E-state index is -4.79. The second-order valence-electron chi connectivity index (χ2n) is 10.2. The molecule has 1 unspecified atom stereocenters. The molecule has 220 valence electrons. The molecule has 4 aromatic rings. The van der Waals surface area contributed by atoms with E-state index in [2.05, 4.69) is 10.4 Å². The summed E-state index contributed by atoms with van der Waals surface area (Å²) in [6.07, 6.45) is -7.51. The Kier molecular flexibility index (Phi) is 7.86. The summed E-state index contributed by atoms with van der Waals surface area (Å²) in [5.41, 5.74) is 5.47. The normalized spacial score (nSPS) is 14.7. The molecule has 1 heterocycles. The van der Waals surface area contributed by atoms with E-state index in [0.717, 1.165) is 29.7 Å². The first-order chi connectivity index (χ1) is 19.8. The van der Waals surface area contributed by atoms with Crippen LogP contribution in [0.4, 0.5) is 32.0 Å². The topological polar surface area (TPSA) is 76.2 Å². The summed E-state index contributed by atoms with van der Waals surface area (Å²) in [4.78, 5) is 15.4. The maximum absolute atomic E-state index is 13.6. The summed E-state index contributed by atoms with van der Waals surface area (Å²) >= 11 is 0. The molecule has 3 aromatic carbocycles. The summed E-state index contributed by atoms with van der Waals surface area (Å²) in [7, 11) is 1.83. The van der Waals surface area contributed by atoms with Crippen LogP contribution >= 0.6 is 0 Å². The first-order valence-corrected chi connectivity index (χ1v) is 13.1. The smallest absolute Gasteiger partial charge is 0.326 e. The average Bonchev–Trinajstić information content (AvgIpc) is 3.69. The van der Waals surface area contributed by atoms with Crippen LogP contribution in [0.25, 0.3) is 5.69 Å². The van der Waals surface area contributed by atoms with Crippen LogP contribution in [0.15, 0.2) is 78.9 Å². The van der Waals surface area contributed by atoms with Crippen molar-refractivity contribution in [3.63, 3.8) is 0 Å². The highest BCUT2D eigenvalue weighted by Crippen LogP contribution is 2.39. The third-order valence-corrected chi connectivity index (χ3v) is 7.14. The molecule has 0 bridgehead atoms. The molecule has 0 saturated heterocycles. The molecule has 1 atom stereocenters. The molecule has 1 aliphatic rings. The van der Waals surface area contributed by atoms with E-state index in [1.54, 1.807) is 42.5 Å². The number of halogens is 6. The number of alkyl halides is 6. The second-order valence-corrected chi connectivity index (χ2v) is 10.2. The minimum Gasteiger partial charge on any atom is -0.326 e. The molecule has 12 heteroatoms. The molecule has 1 saturated carbocycles. The van der Waals surface area contributed by atoms with Crippen molar-refractivity contribution < 1.29 is 31.1 Å². The highest BCUT2D eigenvalue weighted by molar-refractivity contribution is 6.03. The Labute approximate surface area is 237 Å². The van der Waals surface area contributed by atoms with Crippen molar-refractivity contribution in [3.05, 3.63) is 113 Å². The predicted octanol–water partition coefficient (Wildman–Crippen LogP) is 6.80. The molecule has 0 spiro atoms. The number of carbonyl (C=O) groups is 1. The number of nitrogens with one attached hydrogen (secondary N) is 1. The molecular formula is C30H27F6N5O. The Balaban J connectivity index is 1.50. The first-order valence-electron chi connectivity index (χ1n) is 13.1. The van der Waals surface area contributed by atoms with Gasteiger partial charge in [0.25, 0.3) is 5.91 Å². The number of amides is 1. The second kappa shape index (κ2) is 11.3. The van der Waals surface area contributed by atoms with E-state index in [1.165, 1.54) is 18.2 Å². The van der Waals surface area contributed by atoms with Crippen LogP contribution in [0.1, 0.15) is 57.3 Å². The summed E-state index contributed by atoms with van der Waals surface area (Å²) < 4.78 is 82.2. The Hall–Kier alpha value is -4.16. The maximum atomic E-state index is 13.6. The van der Waals surface area contributed by atoms with Crippen LogP contribution < -0.4 is 11.1 Å². The molecule has 1 fully saturated rings. The third kappa shape index (κ3) is 6.34. The zero-order chi connectivity index (χ0) is 30.2. The van der Waals surface area contributed by atoms with E-state index < -0.39 is 35.6 Å². The number of rotatable bonds is 8. The number of carbonyl (C=O) groups excluding carboxylic acids is 1. The van der Waals surface area contributed by atoms with Gasteiger partial charge in [-0.1, -0.05) is 36.4 Å². The zero-order valence-corrected chi connectivity index (χ0v) is 22.4. The number of hydrogen-bond acceptors (Lipinski definition) is 4. The Morgan fingerprint density at radius 2 is 1.62 bits per heavy atom. The molecule has 1 amide bonds. The van der Waals surface area contributed by atoms with Gasteiger partial charge in [0.05, 0.1) is 17.3 Å². The fraction of sp³-hybridized carbons (Fsp3) is 0.267. The number of nitrogens with zero attached hydrogens (tertiary/aromatic N) is 3. The zero-order valence-electron chi connectivity index (χ0n) is 22.4. The fourth-order valence-electron chi connectivity index (χ4n) is 4.92. The van der Waals surface area contributed by atoms with Crippen molar-refractivity contribution in [2.45, 2.75) is 43.8 Å². The fourth-order valence-corrected chi connectivity index (χ4v) is 4.92. The van der Waals surface area contributed by atoms with Crippen LogP contribution in [0.5, 0.6) is 0 Å². The standard InChI is InChI=1S/C30H27F6N5O/c1-40(23-11-12-23)27(19-6-3-8-21(14-19)29(31,32)33)20-7-4-9-22(15-20)38-28(42)25-16-26(30(34,35)36)39-41(25)24-10-2-5-18(13-24)17-37/h2-10,13-16,23,27H,11-12,17,37H2,1H3,(H,38,42). The van der Waals surface area contributed by atoms with Crippen molar-refractivity contribution in [1.82, 2.24) is 14.7 Å². The Morgan fingerprint density at radius 3 is 2.26 bits per heavy atom. The molecule has 0 aliphatic heterocycles. The number of benzene rings is 3. The van der Waals surface area contributed by atoms with Crippen molar-refractivity contribution in [3.8, 4) is 5.69 Å².